The standard InChI is InChI=1S/C21H25N3O4S/c1-15-9-10-20(28-3)19(13-15)16(2)22-23-21(25)17-7-6-8-18(14-17)29(26,27)24-11-4-5-12-24/h6-10,13-14H,4-5,11-12H2,1-3H3,(H,23,25)/b22-16-. The molecule has 1 aliphatic heterocycles. The molecule has 8 heteroatoms. The third-order valence-electron chi connectivity index (χ3n) is 4.87. The lowest BCUT2D eigenvalue weighted by Crippen LogP contribution is -2.28. The van der Waals surface area contributed by atoms with Gasteiger partial charge in [-0.05, 0) is 57.0 Å². The Bertz CT molecular complexity index is 1040. The Morgan fingerprint density at radius 3 is 2.55 bits per heavy atom. The lowest BCUT2D eigenvalue weighted by Gasteiger charge is -2.15. The van der Waals surface area contributed by atoms with Crippen molar-refractivity contribution in [1.82, 2.24) is 9.73 Å². The molecule has 1 heterocycles. The number of ether oxygens (including phenoxy) is 1. The Balaban J connectivity index is 1.79. The number of carbonyl (C=O) groups is 1. The summed E-state index contributed by atoms with van der Waals surface area (Å²) >= 11 is 0. The minimum absolute atomic E-state index is 0.119. The fourth-order valence-electron chi connectivity index (χ4n) is 3.24. The molecule has 1 fully saturated rings. The van der Waals surface area contributed by atoms with Crippen LogP contribution in [-0.2, 0) is 10.0 Å². The summed E-state index contributed by atoms with van der Waals surface area (Å²) in [5, 5.41) is 4.17. The van der Waals surface area contributed by atoms with Crippen LogP contribution >= 0.6 is 0 Å². The van der Waals surface area contributed by atoms with E-state index in [1.54, 1.807) is 26.2 Å². The molecule has 0 unspecified atom stereocenters. The van der Waals surface area contributed by atoms with E-state index in [-0.39, 0.29) is 10.5 Å². The third kappa shape index (κ3) is 4.65. The van der Waals surface area contributed by atoms with Crippen molar-refractivity contribution in [2.45, 2.75) is 31.6 Å². The van der Waals surface area contributed by atoms with E-state index in [4.69, 9.17) is 4.74 Å². The summed E-state index contributed by atoms with van der Waals surface area (Å²) in [5.74, 6) is 0.180. The van der Waals surface area contributed by atoms with Crippen LogP contribution in [0.15, 0.2) is 52.5 Å². The topological polar surface area (TPSA) is 88.1 Å². The van der Waals surface area contributed by atoms with Gasteiger partial charge in [0.25, 0.3) is 5.91 Å². The Kier molecular flexibility index (Phi) is 6.34. The van der Waals surface area contributed by atoms with Crippen LogP contribution in [0.25, 0.3) is 0 Å². The van der Waals surface area contributed by atoms with E-state index in [1.807, 2.05) is 25.1 Å². The molecule has 0 bridgehead atoms. The number of benzene rings is 2. The molecular formula is C21H25N3O4S. The minimum Gasteiger partial charge on any atom is -0.496 e. The molecule has 1 saturated heterocycles. The Morgan fingerprint density at radius 2 is 1.86 bits per heavy atom. The fraction of sp³-hybridized carbons (Fsp3) is 0.333. The van der Waals surface area contributed by atoms with Crippen molar-refractivity contribution >= 4 is 21.6 Å². The van der Waals surface area contributed by atoms with Gasteiger partial charge in [-0.1, -0.05) is 17.7 Å². The van der Waals surface area contributed by atoms with Gasteiger partial charge >= 0.3 is 0 Å². The molecule has 0 radical (unpaired) electrons. The summed E-state index contributed by atoms with van der Waals surface area (Å²) in [6.07, 6.45) is 1.71. The molecule has 1 aliphatic rings. The molecule has 2 aromatic carbocycles. The van der Waals surface area contributed by atoms with Crippen molar-refractivity contribution in [1.29, 1.82) is 0 Å². The smallest absolute Gasteiger partial charge is 0.271 e. The maximum atomic E-state index is 12.7. The fourth-order valence-corrected chi connectivity index (χ4v) is 4.80. The molecule has 0 aromatic heterocycles. The molecule has 2 aromatic rings. The number of sulfonamides is 1. The summed E-state index contributed by atoms with van der Waals surface area (Å²) < 4.78 is 32.2. The number of hydrogen-bond donors (Lipinski definition) is 1. The average Bonchev–Trinajstić information content (AvgIpc) is 3.27. The zero-order valence-electron chi connectivity index (χ0n) is 16.8. The Morgan fingerprint density at radius 1 is 1.14 bits per heavy atom. The average molecular weight is 416 g/mol. The van der Waals surface area contributed by atoms with E-state index in [2.05, 4.69) is 10.5 Å². The first kappa shape index (κ1) is 21.0. The van der Waals surface area contributed by atoms with Crippen LogP contribution in [-0.4, -0.2) is 44.5 Å². The van der Waals surface area contributed by atoms with Crippen LogP contribution in [0.1, 0.15) is 41.3 Å². The van der Waals surface area contributed by atoms with Crippen molar-refractivity contribution in [3.63, 3.8) is 0 Å². The quantitative estimate of drug-likeness (QED) is 0.580. The molecule has 3 rings (SSSR count). The molecule has 0 aliphatic carbocycles. The van der Waals surface area contributed by atoms with Crippen molar-refractivity contribution in [2.24, 2.45) is 5.10 Å². The second kappa shape index (κ2) is 8.75. The predicted molar refractivity (Wildman–Crippen MR) is 112 cm³/mol. The van der Waals surface area contributed by atoms with Crippen LogP contribution in [0.3, 0.4) is 0 Å². The molecule has 154 valence electrons. The molecule has 0 atom stereocenters. The molecule has 29 heavy (non-hydrogen) atoms. The first-order valence-electron chi connectivity index (χ1n) is 9.43. The molecule has 7 nitrogen and oxygen atoms in total. The van der Waals surface area contributed by atoms with Gasteiger partial charge in [0.1, 0.15) is 5.75 Å². The van der Waals surface area contributed by atoms with Crippen molar-refractivity contribution in [2.75, 3.05) is 20.2 Å². The third-order valence-corrected chi connectivity index (χ3v) is 6.76. The number of aryl methyl sites for hydroxylation is 1. The maximum absolute atomic E-state index is 12.7. The van der Waals surface area contributed by atoms with Gasteiger partial charge in [-0.25, -0.2) is 13.8 Å². The number of methoxy groups -OCH3 is 1. The van der Waals surface area contributed by atoms with Gasteiger partial charge in [-0.2, -0.15) is 9.41 Å². The Hall–Kier alpha value is -2.71. The second-order valence-electron chi connectivity index (χ2n) is 6.98. The van der Waals surface area contributed by atoms with E-state index in [9.17, 15) is 13.2 Å². The van der Waals surface area contributed by atoms with Crippen LogP contribution in [0.4, 0.5) is 0 Å². The van der Waals surface area contributed by atoms with E-state index in [0.717, 1.165) is 24.0 Å². The number of nitrogens with one attached hydrogen (secondary N) is 1. The monoisotopic (exact) mass is 415 g/mol. The zero-order valence-corrected chi connectivity index (χ0v) is 17.6. The number of rotatable bonds is 6. The largest absolute Gasteiger partial charge is 0.496 e. The summed E-state index contributed by atoms with van der Waals surface area (Å²) in [6.45, 7) is 4.76. The lowest BCUT2D eigenvalue weighted by atomic mass is 10.1. The van der Waals surface area contributed by atoms with E-state index in [1.165, 1.54) is 16.4 Å². The number of amides is 1. The first-order chi connectivity index (χ1) is 13.8. The molecule has 1 amide bonds. The highest BCUT2D eigenvalue weighted by Gasteiger charge is 2.27. The van der Waals surface area contributed by atoms with E-state index in [0.29, 0.717) is 24.6 Å². The van der Waals surface area contributed by atoms with Crippen molar-refractivity contribution in [3.05, 3.63) is 59.2 Å². The number of hydrazone groups is 1. The van der Waals surface area contributed by atoms with Crippen LogP contribution < -0.4 is 10.2 Å². The van der Waals surface area contributed by atoms with Gasteiger partial charge in [0.15, 0.2) is 0 Å². The zero-order chi connectivity index (χ0) is 21.0. The van der Waals surface area contributed by atoms with Gasteiger partial charge in [0, 0.05) is 24.2 Å². The highest BCUT2D eigenvalue weighted by atomic mass is 32.2. The molecular weight excluding hydrogens is 390 g/mol. The normalized spacial score (nSPS) is 15.3. The predicted octanol–water partition coefficient (Wildman–Crippen LogP) is 2.94. The Labute approximate surface area is 171 Å². The van der Waals surface area contributed by atoms with Crippen molar-refractivity contribution in [3.8, 4) is 5.75 Å². The van der Waals surface area contributed by atoms with E-state index >= 15 is 0 Å². The summed E-state index contributed by atoms with van der Waals surface area (Å²) in [4.78, 5) is 12.7. The minimum atomic E-state index is -3.58. The van der Waals surface area contributed by atoms with Gasteiger partial charge in [-0.3, -0.25) is 4.79 Å². The van der Waals surface area contributed by atoms with Crippen molar-refractivity contribution < 1.29 is 17.9 Å². The highest BCUT2D eigenvalue weighted by Crippen LogP contribution is 2.22. The lowest BCUT2D eigenvalue weighted by molar-refractivity contribution is 0.0954. The SMILES string of the molecule is COc1ccc(C)cc1/C(C)=N\NC(=O)c1cccc(S(=O)(=O)N2CCCC2)c1. The summed E-state index contributed by atoms with van der Waals surface area (Å²) in [7, 11) is -2.01. The van der Waals surface area contributed by atoms with Gasteiger partial charge in [0.2, 0.25) is 10.0 Å². The number of carbonyl (C=O) groups excluding carboxylic acids is 1. The number of hydrogen-bond acceptors (Lipinski definition) is 5. The summed E-state index contributed by atoms with van der Waals surface area (Å²) in [6, 6.07) is 11.7. The molecule has 0 spiro atoms. The van der Waals surface area contributed by atoms with Gasteiger partial charge in [-0.15, -0.1) is 0 Å². The molecule has 1 N–H and O–H groups in total. The van der Waals surface area contributed by atoms with Crippen LogP contribution in [0.5, 0.6) is 5.75 Å². The second-order valence-corrected chi connectivity index (χ2v) is 8.92. The van der Waals surface area contributed by atoms with Gasteiger partial charge in [0.05, 0.1) is 17.7 Å². The van der Waals surface area contributed by atoms with Gasteiger partial charge < -0.3 is 4.74 Å². The number of nitrogens with zero attached hydrogens (tertiary/aromatic N) is 2. The van der Waals surface area contributed by atoms with E-state index < -0.39 is 15.9 Å². The summed E-state index contributed by atoms with van der Waals surface area (Å²) in [5.41, 5.74) is 5.14. The van der Waals surface area contributed by atoms with Crippen LogP contribution in [0.2, 0.25) is 0 Å². The van der Waals surface area contributed by atoms with Crippen LogP contribution in [0, 0.1) is 6.92 Å². The first-order valence-corrected chi connectivity index (χ1v) is 10.9. The maximum Gasteiger partial charge on any atom is 0.271 e. The highest BCUT2D eigenvalue weighted by molar-refractivity contribution is 7.89. The molecule has 0 saturated carbocycles.